The first-order valence-corrected chi connectivity index (χ1v) is 7.83. The Labute approximate surface area is 144 Å². The maximum atomic E-state index is 11.7. The summed E-state index contributed by atoms with van der Waals surface area (Å²) in [5.41, 5.74) is 5.02. The van der Waals surface area contributed by atoms with E-state index >= 15 is 0 Å². The topological polar surface area (TPSA) is 137 Å². The molecular weight excluding hydrogens is 326 g/mol. The van der Waals surface area contributed by atoms with E-state index in [2.05, 4.69) is 15.5 Å². The van der Waals surface area contributed by atoms with E-state index in [1.807, 2.05) is 13.8 Å². The molecule has 1 heterocycles. The first-order chi connectivity index (χ1) is 11.7. The molecule has 2 rings (SSSR count). The minimum Gasteiger partial charge on any atom is -0.368 e. The van der Waals surface area contributed by atoms with Gasteiger partial charge in [0.15, 0.2) is 0 Å². The number of hydrogen-bond donors (Lipinski definition) is 2. The van der Waals surface area contributed by atoms with E-state index in [0.29, 0.717) is 12.0 Å². The molecule has 0 aliphatic carbocycles. The molecule has 1 amide bonds. The second-order valence-electron chi connectivity index (χ2n) is 6.47. The number of non-ortho nitro benzene ring substituents is 1. The predicted octanol–water partition coefficient (Wildman–Crippen LogP) is 2.02. The Balaban J connectivity index is 2.12. The highest BCUT2D eigenvalue weighted by Crippen LogP contribution is 2.22. The molecule has 0 saturated heterocycles. The van der Waals surface area contributed by atoms with Crippen LogP contribution in [-0.2, 0) is 11.3 Å². The number of nitrogens with one attached hydrogen (secondary N) is 1. The highest BCUT2D eigenvalue weighted by molar-refractivity contribution is 5.84. The van der Waals surface area contributed by atoms with E-state index in [1.54, 1.807) is 19.1 Å². The van der Waals surface area contributed by atoms with Crippen molar-refractivity contribution < 1.29 is 14.2 Å². The lowest BCUT2D eigenvalue weighted by Gasteiger charge is -2.28. The van der Waals surface area contributed by atoms with Gasteiger partial charge in [0.2, 0.25) is 17.6 Å². The van der Waals surface area contributed by atoms with E-state index in [1.165, 1.54) is 12.1 Å². The molecule has 0 bridgehead atoms. The maximum Gasteiger partial charge on any atom is 0.270 e. The van der Waals surface area contributed by atoms with Crippen molar-refractivity contribution >= 4 is 11.6 Å². The first-order valence-electron chi connectivity index (χ1n) is 7.83. The number of benzene rings is 1. The molecule has 0 aliphatic heterocycles. The monoisotopic (exact) mass is 347 g/mol. The number of hydrogen-bond acceptors (Lipinski definition) is 7. The average molecular weight is 347 g/mol. The highest BCUT2D eigenvalue weighted by atomic mass is 16.6. The lowest BCUT2D eigenvalue weighted by molar-refractivity contribution is -0.384. The molecule has 0 radical (unpaired) electrons. The van der Waals surface area contributed by atoms with Gasteiger partial charge in [-0.25, -0.2) is 0 Å². The van der Waals surface area contributed by atoms with E-state index in [4.69, 9.17) is 10.3 Å². The molecule has 0 fully saturated rings. The van der Waals surface area contributed by atoms with Crippen LogP contribution in [0, 0.1) is 16.0 Å². The van der Waals surface area contributed by atoms with Gasteiger partial charge in [0.25, 0.3) is 5.69 Å². The zero-order valence-corrected chi connectivity index (χ0v) is 14.4. The van der Waals surface area contributed by atoms with E-state index in [9.17, 15) is 14.9 Å². The molecule has 9 nitrogen and oxygen atoms in total. The third kappa shape index (κ3) is 4.60. The van der Waals surface area contributed by atoms with Gasteiger partial charge in [-0.2, -0.15) is 4.98 Å². The molecule has 25 heavy (non-hydrogen) atoms. The van der Waals surface area contributed by atoms with Crippen molar-refractivity contribution in [3.8, 4) is 11.4 Å². The second-order valence-corrected chi connectivity index (χ2v) is 6.47. The Morgan fingerprint density at radius 3 is 2.80 bits per heavy atom. The Hall–Kier alpha value is -2.81. The van der Waals surface area contributed by atoms with Crippen molar-refractivity contribution in [1.82, 2.24) is 15.5 Å². The molecule has 1 atom stereocenters. The number of nitrogens with two attached hydrogens (primary N) is 1. The third-order valence-electron chi connectivity index (χ3n) is 3.77. The predicted molar refractivity (Wildman–Crippen MR) is 90.3 cm³/mol. The maximum absolute atomic E-state index is 11.7. The fourth-order valence-electron chi connectivity index (χ4n) is 2.55. The van der Waals surface area contributed by atoms with Gasteiger partial charge in [0.1, 0.15) is 0 Å². The van der Waals surface area contributed by atoms with Crippen molar-refractivity contribution in [1.29, 1.82) is 0 Å². The molecule has 9 heteroatoms. The summed E-state index contributed by atoms with van der Waals surface area (Å²) >= 11 is 0. The Kier molecular flexibility index (Phi) is 5.48. The molecule has 2 aromatic rings. The van der Waals surface area contributed by atoms with E-state index in [-0.39, 0.29) is 29.9 Å². The van der Waals surface area contributed by atoms with Crippen LogP contribution in [0.5, 0.6) is 0 Å². The number of rotatable bonds is 8. The van der Waals surface area contributed by atoms with Crippen molar-refractivity contribution in [2.75, 3.05) is 0 Å². The van der Waals surface area contributed by atoms with Crippen molar-refractivity contribution in [2.45, 2.75) is 39.3 Å². The molecule has 0 spiro atoms. The van der Waals surface area contributed by atoms with Crippen LogP contribution in [-0.4, -0.2) is 26.5 Å². The third-order valence-corrected chi connectivity index (χ3v) is 3.77. The highest BCUT2D eigenvalue weighted by Gasteiger charge is 2.31. The van der Waals surface area contributed by atoms with Gasteiger partial charge in [-0.15, -0.1) is 0 Å². The summed E-state index contributed by atoms with van der Waals surface area (Å²) in [4.78, 5) is 26.3. The van der Waals surface area contributed by atoms with Gasteiger partial charge >= 0.3 is 0 Å². The number of nitro groups is 1. The summed E-state index contributed by atoms with van der Waals surface area (Å²) < 4.78 is 5.15. The number of amides is 1. The van der Waals surface area contributed by atoms with Crippen LogP contribution in [0.2, 0.25) is 0 Å². The van der Waals surface area contributed by atoms with Gasteiger partial charge in [-0.05, 0) is 19.3 Å². The molecule has 1 aromatic heterocycles. The quantitative estimate of drug-likeness (QED) is 0.550. The van der Waals surface area contributed by atoms with Crippen LogP contribution in [0.4, 0.5) is 5.69 Å². The minimum atomic E-state index is -0.895. The largest absolute Gasteiger partial charge is 0.368 e. The minimum absolute atomic E-state index is 0.0554. The second kappa shape index (κ2) is 7.39. The fourth-order valence-corrected chi connectivity index (χ4v) is 2.55. The van der Waals surface area contributed by atoms with Crippen LogP contribution >= 0.6 is 0 Å². The normalized spacial score (nSPS) is 13.6. The summed E-state index contributed by atoms with van der Waals surface area (Å²) in [7, 11) is 0. The van der Waals surface area contributed by atoms with Crippen LogP contribution < -0.4 is 11.1 Å². The first kappa shape index (κ1) is 18.5. The summed E-state index contributed by atoms with van der Waals surface area (Å²) in [5, 5.41) is 17.7. The molecule has 134 valence electrons. The van der Waals surface area contributed by atoms with Crippen molar-refractivity contribution in [3.05, 3.63) is 40.3 Å². The number of carbonyl (C=O) groups is 1. The lowest BCUT2D eigenvalue weighted by atomic mass is 9.90. The van der Waals surface area contributed by atoms with Crippen molar-refractivity contribution in [2.24, 2.45) is 11.7 Å². The summed E-state index contributed by atoms with van der Waals surface area (Å²) in [6.07, 6.45) is 0.564. The summed E-state index contributed by atoms with van der Waals surface area (Å²) in [6, 6.07) is 5.96. The lowest BCUT2D eigenvalue weighted by Crippen LogP contribution is -2.53. The van der Waals surface area contributed by atoms with Crippen molar-refractivity contribution in [3.63, 3.8) is 0 Å². The molecular formula is C16H21N5O4. The zero-order valence-electron chi connectivity index (χ0n) is 14.4. The molecule has 0 aliphatic rings. The fraction of sp³-hybridized carbons (Fsp3) is 0.438. The molecule has 3 N–H and O–H groups in total. The zero-order chi connectivity index (χ0) is 18.6. The Bertz CT molecular complexity index is 773. The summed E-state index contributed by atoms with van der Waals surface area (Å²) in [6.45, 7) is 5.88. The Morgan fingerprint density at radius 2 is 2.20 bits per heavy atom. The number of primary amides is 1. The molecule has 1 aromatic carbocycles. The van der Waals surface area contributed by atoms with E-state index < -0.39 is 16.4 Å². The standard InChI is InChI=1S/C16H21N5O4/c1-10(2)8-16(3,15(17)22)18-9-13-19-14(20-25-13)11-5-4-6-12(7-11)21(23)24/h4-7,10,18H,8-9H2,1-3H3,(H2,17,22)/t16-/m0/s1. The van der Waals surface area contributed by atoms with Crippen LogP contribution in [0.3, 0.4) is 0 Å². The molecule has 0 saturated carbocycles. The molecule has 0 unspecified atom stereocenters. The van der Waals surface area contributed by atoms with Crippen LogP contribution in [0.1, 0.15) is 33.1 Å². The van der Waals surface area contributed by atoms with Crippen LogP contribution in [0.15, 0.2) is 28.8 Å². The number of nitro benzene ring substituents is 1. The van der Waals surface area contributed by atoms with Crippen LogP contribution in [0.25, 0.3) is 11.4 Å². The number of carbonyl (C=O) groups excluding carboxylic acids is 1. The smallest absolute Gasteiger partial charge is 0.270 e. The van der Waals surface area contributed by atoms with Gasteiger partial charge in [-0.3, -0.25) is 20.2 Å². The van der Waals surface area contributed by atoms with Gasteiger partial charge in [0.05, 0.1) is 17.0 Å². The van der Waals surface area contributed by atoms with Gasteiger partial charge in [0, 0.05) is 17.7 Å². The SMILES string of the molecule is CC(C)C[C@](C)(NCc1nc(-c2cccc([N+](=O)[O-])c2)no1)C(N)=O. The van der Waals surface area contributed by atoms with Gasteiger partial charge in [-0.1, -0.05) is 31.1 Å². The summed E-state index contributed by atoms with van der Waals surface area (Å²) in [5.74, 6) is 0.315. The van der Waals surface area contributed by atoms with E-state index in [0.717, 1.165) is 0 Å². The Morgan fingerprint density at radius 1 is 1.48 bits per heavy atom. The van der Waals surface area contributed by atoms with Gasteiger partial charge < -0.3 is 10.3 Å². The number of aromatic nitrogens is 2. The number of nitrogens with zero attached hydrogens (tertiary/aromatic N) is 3. The average Bonchev–Trinajstić information content (AvgIpc) is 3.01.